The van der Waals surface area contributed by atoms with Crippen molar-refractivity contribution in [2.24, 2.45) is 0 Å². The minimum Gasteiger partial charge on any atom is -0.457 e. The fourth-order valence-corrected chi connectivity index (χ4v) is 2.63. The van der Waals surface area contributed by atoms with Gasteiger partial charge in [0.1, 0.15) is 24.0 Å². The Kier molecular flexibility index (Phi) is 5.86. The van der Waals surface area contributed by atoms with Crippen molar-refractivity contribution in [1.29, 1.82) is 0 Å². The third kappa shape index (κ3) is 4.83. The van der Waals surface area contributed by atoms with E-state index < -0.39 is 47.0 Å². The van der Waals surface area contributed by atoms with E-state index in [0.717, 1.165) is 36.4 Å². The summed E-state index contributed by atoms with van der Waals surface area (Å²) in [4.78, 5) is 26.4. The molecule has 0 unspecified atom stereocenters. The number of aromatic amines is 1. The molecule has 2 N–H and O–H groups in total. The molecule has 0 saturated carbocycles. The molecular weight excluding hydrogens is 411 g/mol. The van der Waals surface area contributed by atoms with E-state index in [9.17, 15) is 31.5 Å². The Morgan fingerprint density at radius 1 is 1.07 bits per heavy atom. The van der Waals surface area contributed by atoms with Crippen molar-refractivity contribution in [2.45, 2.75) is 12.9 Å². The van der Waals surface area contributed by atoms with E-state index in [0.29, 0.717) is 6.07 Å². The van der Waals surface area contributed by atoms with E-state index in [1.54, 1.807) is 0 Å². The smallest absolute Gasteiger partial charge is 0.417 e. The highest BCUT2D eigenvalue weighted by molar-refractivity contribution is 6.07. The standard InChI is InChI=1S/C20H13F5N2O3/c21-10-11-7-15(20(23,24)25)18(19(29)27-13-5-6-26-17(28)9-13)16(8-11)30-14-3-1-12(22)2-4-14/h1-9H,10H2,(H2,26,27,28,29). The zero-order valence-corrected chi connectivity index (χ0v) is 15.0. The van der Waals surface area contributed by atoms with Gasteiger partial charge in [-0.2, -0.15) is 13.2 Å². The van der Waals surface area contributed by atoms with Crippen LogP contribution < -0.4 is 15.6 Å². The first kappa shape index (κ1) is 21.0. The Morgan fingerprint density at radius 3 is 2.37 bits per heavy atom. The van der Waals surface area contributed by atoms with Crippen LogP contribution in [0.5, 0.6) is 11.5 Å². The number of anilines is 1. The van der Waals surface area contributed by atoms with Crippen LogP contribution in [0.1, 0.15) is 21.5 Å². The lowest BCUT2D eigenvalue weighted by atomic mass is 10.0. The van der Waals surface area contributed by atoms with Crippen LogP contribution >= 0.6 is 0 Å². The van der Waals surface area contributed by atoms with Gasteiger partial charge in [0.15, 0.2) is 0 Å². The fourth-order valence-electron chi connectivity index (χ4n) is 2.63. The van der Waals surface area contributed by atoms with Crippen molar-refractivity contribution in [3.63, 3.8) is 0 Å². The Bertz CT molecular complexity index is 1120. The molecule has 1 aromatic heterocycles. The number of hydrogen-bond donors (Lipinski definition) is 2. The third-order valence-electron chi connectivity index (χ3n) is 3.92. The van der Waals surface area contributed by atoms with Gasteiger partial charge in [-0.15, -0.1) is 0 Å². The first-order valence-electron chi connectivity index (χ1n) is 8.41. The summed E-state index contributed by atoms with van der Waals surface area (Å²) in [6.07, 6.45) is -3.81. The number of benzene rings is 2. The highest BCUT2D eigenvalue weighted by atomic mass is 19.4. The summed E-state index contributed by atoms with van der Waals surface area (Å²) in [7, 11) is 0. The minimum absolute atomic E-state index is 0.0563. The van der Waals surface area contributed by atoms with Gasteiger partial charge in [-0.05, 0) is 48.0 Å². The van der Waals surface area contributed by atoms with Crippen LogP contribution in [-0.4, -0.2) is 10.9 Å². The minimum atomic E-state index is -5.01. The topological polar surface area (TPSA) is 71.2 Å². The molecule has 0 aliphatic carbocycles. The molecule has 30 heavy (non-hydrogen) atoms. The van der Waals surface area contributed by atoms with Crippen molar-refractivity contribution in [3.05, 3.63) is 87.6 Å². The van der Waals surface area contributed by atoms with E-state index in [2.05, 4.69) is 10.3 Å². The summed E-state index contributed by atoms with van der Waals surface area (Å²) in [5.41, 5.74) is -3.34. The Morgan fingerprint density at radius 2 is 1.77 bits per heavy atom. The van der Waals surface area contributed by atoms with Gasteiger partial charge >= 0.3 is 6.18 Å². The molecule has 0 fully saturated rings. The number of ether oxygens (including phenoxy) is 1. The van der Waals surface area contributed by atoms with E-state index in [-0.39, 0.29) is 17.0 Å². The summed E-state index contributed by atoms with van der Waals surface area (Å²) >= 11 is 0. The van der Waals surface area contributed by atoms with Crippen LogP contribution in [0.3, 0.4) is 0 Å². The van der Waals surface area contributed by atoms with Crippen molar-refractivity contribution < 1.29 is 31.5 Å². The second kappa shape index (κ2) is 8.36. The summed E-state index contributed by atoms with van der Waals surface area (Å²) in [6, 6.07) is 8.00. The van der Waals surface area contributed by atoms with Crippen molar-refractivity contribution in [2.75, 3.05) is 5.32 Å². The van der Waals surface area contributed by atoms with Crippen LogP contribution in [0.25, 0.3) is 0 Å². The summed E-state index contributed by atoms with van der Waals surface area (Å²) < 4.78 is 72.6. The zero-order valence-electron chi connectivity index (χ0n) is 15.0. The van der Waals surface area contributed by atoms with E-state index in [1.165, 1.54) is 12.3 Å². The molecule has 0 spiro atoms. The molecule has 156 valence electrons. The summed E-state index contributed by atoms with van der Waals surface area (Å²) in [5, 5.41) is 2.19. The van der Waals surface area contributed by atoms with Crippen LogP contribution in [0.15, 0.2) is 59.5 Å². The summed E-state index contributed by atoms with van der Waals surface area (Å²) in [5.74, 6) is -2.48. The van der Waals surface area contributed by atoms with Gasteiger partial charge in [0.25, 0.3) is 5.91 Å². The number of amides is 1. The Labute approximate surface area is 166 Å². The number of halogens is 5. The molecule has 0 aliphatic rings. The molecule has 1 heterocycles. The van der Waals surface area contributed by atoms with Crippen LogP contribution in [0.4, 0.5) is 27.6 Å². The van der Waals surface area contributed by atoms with Gasteiger partial charge in [0.05, 0.1) is 11.1 Å². The number of alkyl halides is 4. The Hall–Kier alpha value is -3.69. The predicted octanol–water partition coefficient (Wildman–Crippen LogP) is 5.05. The van der Waals surface area contributed by atoms with Crippen LogP contribution in [0, 0.1) is 5.82 Å². The molecular formula is C20H13F5N2O3. The first-order valence-corrected chi connectivity index (χ1v) is 8.41. The maximum absolute atomic E-state index is 13.6. The SMILES string of the molecule is O=C(Nc1cc[nH]c(=O)c1)c1c(Oc2ccc(F)cc2)cc(CF)cc1C(F)(F)F. The zero-order chi connectivity index (χ0) is 21.9. The molecule has 0 bridgehead atoms. The molecule has 1 amide bonds. The molecule has 3 aromatic rings. The third-order valence-corrected chi connectivity index (χ3v) is 3.92. The van der Waals surface area contributed by atoms with E-state index in [4.69, 9.17) is 4.74 Å². The highest BCUT2D eigenvalue weighted by Gasteiger charge is 2.38. The molecule has 2 aromatic carbocycles. The van der Waals surface area contributed by atoms with Crippen LogP contribution in [-0.2, 0) is 12.9 Å². The van der Waals surface area contributed by atoms with Crippen molar-refractivity contribution in [3.8, 4) is 11.5 Å². The molecule has 0 aliphatic heterocycles. The number of nitrogens with one attached hydrogen (secondary N) is 2. The average molecular weight is 424 g/mol. The highest BCUT2D eigenvalue weighted by Crippen LogP contribution is 2.39. The monoisotopic (exact) mass is 424 g/mol. The van der Waals surface area contributed by atoms with E-state index >= 15 is 0 Å². The lowest BCUT2D eigenvalue weighted by molar-refractivity contribution is -0.138. The number of H-pyrrole nitrogens is 1. The van der Waals surface area contributed by atoms with Gasteiger partial charge in [0, 0.05) is 18.0 Å². The average Bonchev–Trinajstić information content (AvgIpc) is 2.68. The number of rotatable bonds is 5. The normalized spacial score (nSPS) is 11.2. The fraction of sp³-hybridized carbons (Fsp3) is 0.100. The van der Waals surface area contributed by atoms with Gasteiger partial charge < -0.3 is 15.0 Å². The number of carbonyl (C=O) groups excluding carboxylic acids is 1. The number of carbonyl (C=O) groups is 1. The van der Waals surface area contributed by atoms with Crippen LogP contribution in [0.2, 0.25) is 0 Å². The van der Waals surface area contributed by atoms with E-state index in [1.807, 2.05) is 0 Å². The number of pyridine rings is 1. The lowest BCUT2D eigenvalue weighted by Crippen LogP contribution is -2.21. The molecule has 0 atom stereocenters. The molecule has 5 nitrogen and oxygen atoms in total. The van der Waals surface area contributed by atoms with Gasteiger partial charge in [0.2, 0.25) is 5.56 Å². The van der Waals surface area contributed by atoms with Crippen molar-refractivity contribution >= 4 is 11.6 Å². The predicted molar refractivity (Wildman–Crippen MR) is 97.7 cm³/mol. The molecule has 0 saturated heterocycles. The molecule has 0 radical (unpaired) electrons. The number of hydrogen-bond acceptors (Lipinski definition) is 3. The van der Waals surface area contributed by atoms with Crippen molar-refractivity contribution in [1.82, 2.24) is 4.98 Å². The molecule has 3 rings (SSSR count). The number of aromatic nitrogens is 1. The second-order valence-corrected chi connectivity index (χ2v) is 6.10. The second-order valence-electron chi connectivity index (χ2n) is 6.10. The maximum Gasteiger partial charge on any atom is 0.417 e. The van der Waals surface area contributed by atoms with Gasteiger partial charge in [-0.25, -0.2) is 8.78 Å². The van der Waals surface area contributed by atoms with Gasteiger partial charge in [-0.1, -0.05) is 0 Å². The largest absolute Gasteiger partial charge is 0.457 e. The Balaban J connectivity index is 2.12. The molecule has 10 heteroatoms. The maximum atomic E-state index is 13.6. The quantitative estimate of drug-likeness (QED) is 0.564. The first-order chi connectivity index (χ1) is 14.2. The summed E-state index contributed by atoms with van der Waals surface area (Å²) in [6.45, 7) is -1.24. The van der Waals surface area contributed by atoms with Gasteiger partial charge in [-0.3, -0.25) is 9.59 Å². The lowest BCUT2D eigenvalue weighted by Gasteiger charge is -2.18.